The van der Waals surface area contributed by atoms with Gasteiger partial charge in [-0.3, -0.25) is 14.7 Å². The fourth-order valence-corrected chi connectivity index (χ4v) is 3.68. The van der Waals surface area contributed by atoms with Gasteiger partial charge in [0, 0.05) is 31.4 Å². The van der Waals surface area contributed by atoms with Crippen molar-refractivity contribution in [1.82, 2.24) is 15.3 Å². The third-order valence-corrected chi connectivity index (χ3v) is 5.11. The van der Waals surface area contributed by atoms with Crippen LogP contribution in [0.5, 0.6) is 11.5 Å². The number of pyridine rings is 1. The van der Waals surface area contributed by atoms with Crippen LogP contribution < -0.4 is 14.9 Å². The molecule has 0 bridgehead atoms. The highest BCUT2D eigenvalue weighted by atomic mass is 16.7. The highest BCUT2D eigenvalue weighted by Crippen LogP contribution is 2.32. The molecule has 2 aliphatic rings. The zero-order valence-electron chi connectivity index (χ0n) is 15.7. The number of nitrogens with one attached hydrogen (secondary N) is 1. The Morgan fingerprint density at radius 1 is 1.29 bits per heavy atom. The second kappa shape index (κ2) is 8.84. The molecule has 1 aromatic carbocycles. The Labute approximate surface area is 164 Å². The van der Waals surface area contributed by atoms with E-state index in [0.717, 1.165) is 24.3 Å². The van der Waals surface area contributed by atoms with Crippen LogP contribution in [-0.4, -0.2) is 41.9 Å². The van der Waals surface area contributed by atoms with Gasteiger partial charge >= 0.3 is 0 Å². The number of ether oxygens (including phenoxy) is 2. The normalized spacial score (nSPS) is 19.1. The molecular formula is C21H24N4O3. The highest BCUT2D eigenvalue weighted by molar-refractivity contribution is 5.83. The van der Waals surface area contributed by atoms with Gasteiger partial charge in [-0.05, 0) is 54.8 Å². The predicted octanol–water partition coefficient (Wildman–Crippen LogP) is 2.88. The van der Waals surface area contributed by atoms with Gasteiger partial charge in [-0.25, -0.2) is 5.43 Å². The number of carbonyl (C=O) groups is 1. The standard InChI is InChI=1S/C21H24N4O3/c26-21(24-23-13-16-6-7-19-20(12-16)28-15-27-19)8-11-25-10-2-1-5-18(25)17-4-3-9-22-14-17/h3-4,6-7,9,12-14,18H,1-2,5,8,10-11,15H2,(H,24,26)/b23-13+. The van der Waals surface area contributed by atoms with Crippen LogP contribution in [0.4, 0.5) is 0 Å². The Morgan fingerprint density at radius 2 is 2.21 bits per heavy atom. The Bertz CT molecular complexity index is 841. The number of aromatic nitrogens is 1. The molecule has 2 aromatic rings. The molecule has 146 valence electrons. The molecule has 7 nitrogen and oxygen atoms in total. The van der Waals surface area contributed by atoms with Crippen LogP contribution in [0.2, 0.25) is 0 Å². The van der Waals surface area contributed by atoms with Crippen LogP contribution in [0.3, 0.4) is 0 Å². The quantitative estimate of drug-likeness (QED) is 0.616. The first-order valence-corrected chi connectivity index (χ1v) is 9.65. The molecule has 1 aromatic heterocycles. The van der Waals surface area contributed by atoms with E-state index in [9.17, 15) is 4.79 Å². The van der Waals surface area contributed by atoms with E-state index in [1.54, 1.807) is 12.4 Å². The minimum absolute atomic E-state index is 0.0903. The van der Waals surface area contributed by atoms with Crippen LogP contribution in [-0.2, 0) is 4.79 Å². The number of hydrogen-bond acceptors (Lipinski definition) is 6. The maximum Gasteiger partial charge on any atom is 0.241 e. The van der Waals surface area contributed by atoms with E-state index >= 15 is 0 Å². The van der Waals surface area contributed by atoms with Crippen LogP contribution in [0.15, 0.2) is 47.8 Å². The van der Waals surface area contributed by atoms with Crippen molar-refractivity contribution in [3.8, 4) is 11.5 Å². The van der Waals surface area contributed by atoms with Crippen molar-refractivity contribution >= 4 is 12.1 Å². The number of piperidine rings is 1. The van der Waals surface area contributed by atoms with Crippen LogP contribution >= 0.6 is 0 Å². The van der Waals surface area contributed by atoms with Crippen molar-refractivity contribution in [2.45, 2.75) is 31.7 Å². The number of hydrazone groups is 1. The minimum Gasteiger partial charge on any atom is -0.454 e. The Morgan fingerprint density at radius 3 is 3.11 bits per heavy atom. The maximum absolute atomic E-state index is 12.2. The maximum atomic E-state index is 12.2. The number of amides is 1. The first kappa shape index (κ1) is 18.4. The van der Waals surface area contributed by atoms with Crippen LogP contribution in [0.1, 0.15) is 42.9 Å². The molecule has 7 heteroatoms. The molecule has 3 heterocycles. The van der Waals surface area contributed by atoms with Crippen molar-refractivity contribution in [3.05, 3.63) is 53.9 Å². The molecule has 0 saturated carbocycles. The van der Waals surface area contributed by atoms with Gasteiger partial charge in [0.2, 0.25) is 12.7 Å². The molecule has 1 fully saturated rings. The fourth-order valence-electron chi connectivity index (χ4n) is 3.68. The SMILES string of the molecule is O=C(CCN1CCCCC1c1cccnc1)N/N=C/c1ccc2c(c1)OCO2. The van der Waals surface area contributed by atoms with Crippen molar-refractivity contribution in [3.63, 3.8) is 0 Å². The lowest BCUT2D eigenvalue weighted by Crippen LogP contribution is -2.36. The average Bonchev–Trinajstić information content (AvgIpc) is 3.21. The highest BCUT2D eigenvalue weighted by Gasteiger charge is 2.24. The van der Waals surface area contributed by atoms with Crippen molar-refractivity contribution in [2.75, 3.05) is 19.9 Å². The van der Waals surface area contributed by atoms with Crippen LogP contribution in [0.25, 0.3) is 0 Å². The summed E-state index contributed by atoms with van der Waals surface area (Å²) in [7, 11) is 0. The lowest BCUT2D eigenvalue weighted by Gasteiger charge is -2.35. The predicted molar refractivity (Wildman–Crippen MR) is 105 cm³/mol. The van der Waals surface area contributed by atoms with E-state index in [0.29, 0.717) is 24.8 Å². The molecule has 1 N–H and O–H groups in total. The van der Waals surface area contributed by atoms with Crippen molar-refractivity contribution < 1.29 is 14.3 Å². The molecule has 0 radical (unpaired) electrons. The van der Waals surface area contributed by atoms with Crippen LogP contribution in [0, 0.1) is 0 Å². The second-order valence-electron chi connectivity index (χ2n) is 6.99. The number of benzene rings is 1. The molecule has 1 unspecified atom stereocenters. The van der Waals surface area contributed by atoms with Gasteiger partial charge in [0.25, 0.3) is 0 Å². The van der Waals surface area contributed by atoms with Gasteiger partial charge in [-0.15, -0.1) is 0 Å². The van der Waals surface area contributed by atoms with E-state index in [1.807, 2.05) is 30.5 Å². The molecule has 4 rings (SSSR count). The summed E-state index contributed by atoms with van der Waals surface area (Å²) in [6.07, 6.45) is 9.23. The smallest absolute Gasteiger partial charge is 0.241 e. The largest absolute Gasteiger partial charge is 0.454 e. The molecule has 1 amide bonds. The lowest BCUT2D eigenvalue weighted by atomic mass is 9.96. The van der Waals surface area contributed by atoms with Gasteiger partial charge in [-0.2, -0.15) is 5.10 Å². The van der Waals surface area contributed by atoms with Gasteiger partial charge in [-0.1, -0.05) is 12.5 Å². The summed E-state index contributed by atoms with van der Waals surface area (Å²) in [4.78, 5) is 18.8. The summed E-state index contributed by atoms with van der Waals surface area (Å²) in [6, 6.07) is 9.97. The number of carbonyl (C=O) groups excluding carboxylic acids is 1. The van der Waals surface area contributed by atoms with E-state index in [4.69, 9.17) is 9.47 Å². The second-order valence-corrected chi connectivity index (χ2v) is 6.99. The molecule has 0 spiro atoms. The molecule has 1 saturated heterocycles. The summed E-state index contributed by atoms with van der Waals surface area (Å²) in [5, 5.41) is 4.06. The first-order chi connectivity index (χ1) is 13.8. The fraction of sp³-hybridized carbons (Fsp3) is 0.381. The number of likely N-dealkylation sites (tertiary alicyclic amines) is 1. The topological polar surface area (TPSA) is 76.1 Å². The number of fused-ring (bicyclic) bond motifs is 1. The average molecular weight is 380 g/mol. The third kappa shape index (κ3) is 4.48. The summed E-state index contributed by atoms with van der Waals surface area (Å²) in [5.74, 6) is 1.33. The summed E-state index contributed by atoms with van der Waals surface area (Å²) in [5.41, 5.74) is 4.68. The van der Waals surface area contributed by atoms with Gasteiger partial charge < -0.3 is 9.47 Å². The molecule has 1 atom stereocenters. The molecule has 0 aliphatic carbocycles. The lowest BCUT2D eigenvalue weighted by molar-refractivity contribution is -0.121. The van der Waals surface area contributed by atoms with E-state index in [1.165, 1.54) is 18.4 Å². The summed E-state index contributed by atoms with van der Waals surface area (Å²) < 4.78 is 10.6. The number of rotatable bonds is 6. The summed E-state index contributed by atoms with van der Waals surface area (Å²) >= 11 is 0. The minimum atomic E-state index is -0.0903. The first-order valence-electron chi connectivity index (χ1n) is 9.65. The Balaban J connectivity index is 1.27. The Kier molecular flexibility index (Phi) is 5.82. The van der Waals surface area contributed by atoms with Crippen molar-refractivity contribution in [2.24, 2.45) is 5.10 Å². The monoisotopic (exact) mass is 380 g/mol. The van der Waals surface area contributed by atoms with E-state index in [2.05, 4.69) is 26.5 Å². The Hall–Kier alpha value is -2.93. The number of hydrogen-bond donors (Lipinski definition) is 1. The van der Waals surface area contributed by atoms with Gasteiger partial charge in [0.15, 0.2) is 11.5 Å². The summed E-state index contributed by atoms with van der Waals surface area (Å²) in [6.45, 7) is 1.96. The molecule has 28 heavy (non-hydrogen) atoms. The zero-order valence-corrected chi connectivity index (χ0v) is 15.7. The van der Waals surface area contributed by atoms with E-state index in [-0.39, 0.29) is 12.7 Å². The van der Waals surface area contributed by atoms with E-state index < -0.39 is 0 Å². The van der Waals surface area contributed by atoms with Gasteiger partial charge in [0.1, 0.15) is 0 Å². The van der Waals surface area contributed by atoms with Gasteiger partial charge in [0.05, 0.1) is 6.21 Å². The number of nitrogens with zero attached hydrogens (tertiary/aromatic N) is 3. The molecular weight excluding hydrogens is 356 g/mol. The zero-order chi connectivity index (χ0) is 19.2. The third-order valence-electron chi connectivity index (χ3n) is 5.11. The molecule has 2 aliphatic heterocycles. The van der Waals surface area contributed by atoms with Crippen molar-refractivity contribution in [1.29, 1.82) is 0 Å².